The van der Waals surface area contributed by atoms with Gasteiger partial charge in [-0.1, -0.05) is 11.2 Å². The van der Waals surface area contributed by atoms with Gasteiger partial charge in [-0.25, -0.2) is 4.79 Å². The lowest BCUT2D eigenvalue weighted by atomic mass is 10.0. The fourth-order valence-corrected chi connectivity index (χ4v) is 3.88. The van der Waals surface area contributed by atoms with Crippen LogP contribution in [0.5, 0.6) is 0 Å². The smallest absolute Gasteiger partial charge is 0.380 e. The van der Waals surface area contributed by atoms with Crippen LogP contribution in [-0.4, -0.2) is 77.3 Å². The van der Waals surface area contributed by atoms with Gasteiger partial charge in [0.1, 0.15) is 0 Å². The largest absolute Gasteiger partial charge is 0.439 e. The first-order valence-corrected chi connectivity index (χ1v) is 11.1. The summed E-state index contributed by atoms with van der Waals surface area (Å²) in [5.74, 6) is -2.08. The van der Waals surface area contributed by atoms with Crippen LogP contribution in [0.3, 0.4) is 0 Å². The lowest BCUT2D eigenvalue weighted by Gasteiger charge is -2.35. The number of aliphatic hydroxyl groups is 1. The molecular weight excluding hydrogens is 470 g/mol. The Bertz CT molecular complexity index is 1350. The molecule has 1 saturated heterocycles. The molecule has 1 aliphatic heterocycles. The second-order valence-corrected chi connectivity index (χ2v) is 8.39. The highest BCUT2D eigenvalue weighted by molar-refractivity contribution is 6.05. The summed E-state index contributed by atoms with van der Waals surface area (Å²) < 4.78 is 9.93. The van der Waals surface area contributed by atoms with Gasteiger partial charge in [0.2, 0.25) is 0 Å². The van der Waals surface area contributed by atoms with E-state index >= 15 is 0 Å². The maximum Gasteiger partial charge on any atom is 0.439 e. The van der Waals surface area contributed by atoms with Crippen LogP contribution >= 0.6 is 0 Å². The van der Waals surface area contributed by atoms with E-state index in [1.165, 1.54) is 9.80 Å². The average molecular weight is 495 g/mol. The van der Waals surface area contributed by atoms with Gasteiger partial charge in [0.15, 0.2) is 18.0 Å². The minimum absolute atomic E-state index is 0.0939. The Kier molecular flexibility index (Phi) is 6.99. The fourth-order valence-electron chi connectivity index (χ4n) is 3.88. The molecule has 0 bridgehead atoms. The molecule has 3 amide bonds. The van der Waals surface area contributed by atoms with E-state index in [0.29, 0.717) is 28.1 Å². The van der Waals surface area contributed by atoms with Crippen molar-refractivity contribution in [3.8, 4) is 11.4 Å². The van der Waals surface area contributed by atoms with Crippen molar-refractivity contribution in [1.82, 2.24) is 15.0 Å². The Balaban J connectivity index is 1.47. The Morgan fingerprint density at radius 1 is 1.19 bits per heavy atom. The summed E-state index contributed by atoms with van der Waals surface area (Å²) >= 11 is 0. The number of carbonyl (C=O) groups excluding carboxylic acids is 3. The third kappa shape index (κ3) is 4.90. The predicted octanol–water partition coefficient (Wildman–Crippen LogP) is 0.772. The quantitative estimate of drug-likeness (QED) is 0.452. The summed E-state index contributed by atoms with van der Waals surface area (Å²) in [6, 6.07) is 11.3. The normalized spacial score (nSPS) is 16.5. The number of morpholine rings is 1. The lowest BCUT2D eigenvalue weighted by Crippen LogP contribution is -2.55. The number of aliphatic hydroxyl groups excluding tert-OH is 1. The summed E-state index contributed by atoms with van der Waals surface area (Å²) in [4.78, 5) is 54.8. The molecule has 1 fully saturated rings. The Morgan fingerprint density at radius 3 is 2.56 bits per heavy atom. The number of nitrogens with one attached hydrogen (secondary N) is 2. The van der Waals surface area contributed by atoms with Gasteiger partial charge >= 0.3 is 5.76 Å². The molecule has 12 heteroatoms. The zero-order valence-corrected chi connectivity index (χ0v) is 19.8. The van der Waals surface area contributed by atoms with Crippen molar-refractivity contribution in [2.75, 3.05) is 37.5 Å². The van der Waals surface area contributed by atoms with Crippen molar-refractivity contribution in [2.45, 2.75) is 19.1 Å². The molecule has 0 saturated carbocycles. The van der Waals surface area contributed by atoms with E-state index in [1.807, 2.05) is 0 Å². The van der Waals surface area contributed by atoms with E-state index < -0.39 is 29.8 Å². The number of ether oxygens (including phenoxy) is 1. The monoisotopic (exact) mass is 495 g/mol. The number of H-pyrrole nitrogens is 1. The second-order valence-electron chi connectivity index (χ2n) is 8.39. The standard InChI is InChI=1S/C24H25N5O7/c1-13-16(22(32)28(2)3)5-4-6-17(13)29-11-12-35-19(23(29)33)18(30)21(31)25-15-9-7-14(8-10-15)20-26-24(34)36-27-20/h4-10,18-19,30H,11-12H2,1-3H3,(H,25,31)(H,26,27,34)/t18-,19-/m1/s1. The molecule has 2 aromatic carbocycles. The van der Waals surface area contributed by atoms with Crippen LogP contribution in [0.1, 0.15) is 15.9 Å². The SMILES string of the molecule is Cc1c(C(=O)N(C)C)cccc1N1CCO[C@H]([C@@H](O)C(=O)Nc2ccc(-c3noc(=O)[nH]3)cc2)C1=O. The van der Waals surface area contributed by atoms with Gasteiger partial charge in [0.25, 0.3) is 17.7 Å². The highest BCUT2D eigenvalue weighted by atomic mass is 16.5. The van der Waals surface area contributed by atoms with Crippen molar-refractivity contribution < 1.29 is 28.8 Å². The van der Waals surface area contributed by atoms with Crippen LogP contribution in [0.25, 0.3) is 11.4 Å². The lowest BCUT2D eigenvalue weighted by molar-refractivity contribution is -0.150. The number of aromatic amines is 1. The van der Waals surface area contributed by atoms with Gasteiger partial charge in [0.05, 0.1) is 6.61 Å². The zero-order valence-electron chi connectivity index (χ0n) is 19.8. The van der Waals surface area contributed by atoms with Crippen molar-refractivity contribution in [1.29, 1.82) is 0 Å². The van der Waals surface area contributed by atoms with E-state index in [1.54, 1.807) is 63.5 Å². The maximum atomic E-state index is 13.2. The number of rotatable bonds is 6. The Hall–Kier alpha value is -4.29. The van der Waals surface area contributed by atoms with Gasteiger partial charge in [-0.2, -0.15) is 0 Å². The summed E-state index contributed by atoms with van der Waals surface area (Å²) in [6.45, 7) is 2.04. The Morgan fingerprint density at radius 2 is 1.92 bits per heavy atom. The van der Waals surface area contributed by atoms with Gasteiger partial charge in [-0.05, 0) is 48.9 Å². The molecule has 0 spiro atoms. The molecule has 0 radical (unpaired) electrons. The van der Waals surface area contributed by atoms with Crippen molar-refractivity contribution in [3.05, 3.63) is 64.1 Å². The molecule has 1 aliphatic rings. The van der Waals surface area contributed by atoms with Crippen molar-refractivity contribution >= 4 is 29.1 Å². The number of benzene rings is 2. The molecule has 12 nitrogen and oxygen atoms in total. The maximum absolute atomic E-state index is 13.2. The van der Waals surface area contributed by atoms with E-state index in [0.717, 1.165) is 0 Å². The van der Waals surface area contributed by atoms with Crippen LogP contribution in [0.2, 0.25) is 0 Å². The fraction of sp³-hybridized carbons (Fsp3) is 0.292. The minimum Gasteiger partial charge on any atom is -0.380 e. The van der Waals surface area contributed by atoms with Gasteiger partial charge < -0.3 is 25.0 Å². The number of anilines is 2. The third-order valence-corrected chi connectivity index (χ3v) is 5.78. The highest BCUT2D eigenvalue weighted by Gasteiger charge is 2.40. The van der Waals surface area contributed by atoms with Crippen LogP contribution in [-0.2, 0) is 14.3 Å². The van der Waals surface area contributed by atoms with Crippen LogP contribution in [0.4, 0.5) is 11.4 Å². The summed E-state index contributed by atoms with van der Waals surface area (Å²) in [6.07, 6.45) is -3.20. The zero-order chi connectivity index (χ0) is 26.0. The molecule has 36 heavy (non-hydrogen) atoms. The number of hydrogen-bond acceptors (Lipinski definition) is 8. The van der Waals surface area contributed by atoms with Crippen LogP contribution in [0.15, 0.2) is 51.8 Å². The van der Waals surface area contributed by atoms with Gasteiger partial charge in [0, 0.05) is 43.1 Å². The van der Waals surface area contributed by atoms with Crippen LogP contribution in [0, 0.1) is 6.92 Å². The summed E-state index contributed by atoms with van der Waals surface area (Å²) in [5, 5.41) is 16.8. The number of hydrogen-bond donors (Lipinski definition) is 3. The number of carbonyl (C=O) groups is 3. The molecule has 3 aromatic rings. The van der Waals surface area contributed by atoms with E-state index in [4.69, 9.17) is 4.74 Å². The first kappa shape index (κ1) is 24.8. The second kappa shape index (κ2) is 10.1. The minimum atomic E-state index is -1.78. The van der Waals surface area contributed by atoms with E-state index in [-0.39, 0.29) is 24.9 Å². The van der Waals surface area contributed by atoms with Gasteiger partial charge in [-0.3, -0.25) is 23.9 Å². The number of aromatic nitrogens is 2. The number of amides is 3. The molecule has 2 heterocycles. The third-order valence-electron chi connectivity index (χ3n) is 5.78. The molecule has 0 aliphatic carbocycles. The molecular formula is C24H25N5O7. The first-order valence-electron chi connectivity index (χ1n) is 11.1. The predicted molar refractivity (Wildman–Crippen MR) is 128 cm³/mol. The molecule has 1 aromatic heterocycles. The van der Waals surface area contributed by atoms with Crippen molar-refractivity contribution in [3.63, 3.8) is 0 Å². The number of nitrogens with zero attached hydrogens (tertiary/aromatic N) is 3. The molecule has 188 valence electrons. The molecule has 4 rings (SSSR count). The van der Waals surface area contributed by atoms with E-state index in [9.17, 15) is 24.3 Å². The molecule has 0 unspecified atom stereocenters. The molecule has 2 atom stereocenters. The highest BCUT2D eigenvalue weighted by Crippen LogP contribution is 2.27. The van der Waals surface area contributed by atoms with Crippen molar-refractivity contribution in [2.24, 2.45) is 0 Å². The topological polar surface area (TPSA) is 158 Å². The van der Waals surface area contributed by atoms with Gasteiger partial charge in [-0.15, -0.1) is 0 Å². The Labute approximate surface area is 205 Å². The first-order chi connectivity index (χ1) is 17.2. The summed E-state index contributed by atoms with van der Waals surface area (Å²) in [5.41, 5.74) is 2.46. The molecule has 3 N–H and O–H groups in total. The van der Waals surface area contributed by atoms with E-state index in [2.05, 4.69) is 20.0 Å². The summed E-state index contributed by atoms with van der Waals surface area (Å²) in [7, 11) is 3.28. The average Bonchev–Trinajstić information content (AvgIpc) is 3.30. The van der Waals surface area contributed by atoms with Crippen LogP contribution < -0.4 is 16.0 Å².